The summed E-state index contributed by atoms with van der Waals surface area (Å²) < 4.78 is 14.5. The zero-order valence-corrected chi connectivity index (χ0v) is 22.2. The lowest BCUT2D eigenvalue weighted by Gasteiger charge is -2.25. The van der Waals surface area contributed by atoms with Crippen LogP contribution >= 0.6 is 11.3 Å². The fraction of sp³-hybridized carbons (Fsp3) is 0.179. The number of ether oxygens (including phenoxy) is 2. The summed E-state index contributed by atoms with van der Waals surface area (Å²) in [7, 11) is 1.55. The number of hydrogen-bond acceptors (Lipinski definition) is 8. The van der Waals surface area contributed by atoms with Crippen molar-refractivity contribution in [1.29, 1.82) is 0 Å². The number of allylic oxidation sites excluding steroid dienone is 1. The van der Waals surface area contributed by atoms with Gasteiger partial charge in [-0.05, 0) is 61.9 Å². The second-order valence-electron chi connectivity index (χ2n) is 8.66. The molecule has 39 heavy (non-hydrogen) atoms. The molecule has 0 N–H and O–H groups in total. The number of methoxy groups -OCH3 is 1. The number of carbonyl (C=O) groups excluding carboxylic acids is 1. The number of hydrogen-bond donors (Lipinski definition) is 0. The van der Waals surface area contributed by atoms with E-state index in [2.05, 4.69) is 4.99 Å². The third kappa shape index (κ3) is 4.79. The van der Waals surface area contributed by atoms with E-state index in [4.69, 9.17) is 9.47 Å². The second kappa shape index (κ2) is 10.5. The number of non-ortho nitro benzene ring substituents is 1. The van der Waals surface area contributed by atoms with Crippen molar-refractivity contribution in [3.8, 4) is 11.4 Å². The van der Waals surface area contributed by atoms with Crippen molar-refractivity contribution in [2.75, 3.05) is 13.7 Å². The van der Waals surface area contributed by atoms with Crippen molar-refractivity contribution in [3.63, 3.8) is 0 Å². The van der Waals surface area contributed by atoms with Crippen LogP contribution in [0.25, 0.3) is 11.8 Å². The fourth-order valence-electron chi connectivity index (χ4n) is 4.53. The molecule has 198 valence electrons. The minimum absolute atomic E-state index is 0.00826. The summed E-state index contributed by atoms with van der Waals surface area (Å²) >= 11 is 1.22. The summed E-state index contributed by atoms with van der Waals surface area (Å²) in [5.41, 5.74) is 2.55. The van der Waals surface area contributed by atoms with Gasteiger partial charge in [0.1, 0.15) is 5.75 Å². The second-order valence-corrected chi connectivity index (χ2v) is 9.66. The molecular weight excluding hydrogens is 520 g/mol. The number of carbonyl (C=O) groups is 1. The summed E-state index contributed by atoms with van der Waals surface area (Å²) in [5.74, 6) is 0.0568. The number of nitro groups is 1. The Labute approximate surface area is 226 Å². The van der Waals surface area contributed by atoms with E-state index in [0.29, 0.717) is 43.3 Å². The molecule has 0 saturated carbocycles. The molecule has 11 heteroatoms. The standard InChI is InChI=1S/C28H24N4O6S/c1-4-38-27(34)24-17(2)29-28-31(25(24)18-7-5-9-22(15-18)37-3)26(33)23(39-28)16-21-8-6-14-30(21)19-10-12-20(13-11-19)32(35)36/h5-16,25H,4H2,1-3H3/t25-/m1/s1. The van der Waals surface area contributed by atoms with Gasteiger partial charge in [-0.2, -0.15) is 0 Å². The van der Waals surface area contributed by atoms with Gasteiger partial charge in [0.25, 0.3) is 11.2 Å². The molecule has 0 unspecified atom stereocenters. The third-order valence-electron chi connectivity index (χ3n) is 6.32. The minimum atomic E-state index is -0.751. The Kier molecular flexibility index (Phi) is 6.99. The molecule has 1 aliphatic rings. The SMILES string of the molecule is CCOC(=O)C1=C(C)N=c2sc(=Cc3cccn3-c3ccc([N+](=O)[O-])cc3)c(=O)n2[C@@H]1c1cccc(OC)c1. The van der Waals surface area contributed by atoms with Gasteiger partial charge >= 0.3 is 5.97 Å². The van der Waals surface area contributed by atoms with Gasteiger partial charge in [-0.3, -0.25) is 19.5 Å². The van der Waals surface area contributed by atoms with Gasteiger partial charge in [-0.25, -0.2) is 9.79 Å². The molecule has 1 atom stereocenters. The molecule has 0 radical (unpaired) electrons. The van der Waals surface area contributed by atoms with Crippen LogP contribution in [0.1, 0.15) is 31.1 Å². The van der Waals surface area contributed by atoms with Crippen LogP contribution in [0.5, 0.6) is 5.75 Å². The van der Waals surface area contributed by atoms with Gasteiger partial charge in [0.15, 0.2) is 4.80 Å². The highest BCUT2D eigenvalue weighted by Crippen LogP contribution is 2.32. The number of thiazole rings is 1. The van der Waals surface area contributed by atoms with Crippen molar-refractivity contribution in [2.24, 2.45) is 4.99 Å². The van der Waals surface area contributed by atoms with Gasteiger partial charge in [-0.15, -0.1) is 0 Å². The quantitative estimate of drug-likeness (QED) is 0.200. The maximum atomic E-state index is 13.9. The highest BCUT2D eigenvalue weighted by Gasteiger charge is 2.33. The van der Waals surface area contributed by atoms with Crippen molar-refractivity contribution in [1.82, 2.24) is 9.13 Å². The van der Waals surface area contributed by atoms with Crippen LogP contribution in [0.2, 0.25) is 0 Å². The number of rotatable bonds is 7. The Balaban J connectivity index is 1.67. The summed E-state index contributed by atoms with van der Waals surface area (Å²) in [6, 6.07) is 16.3. The van der Waals surface area contributed by atoms with Crippen molar-refractivity contribution in [3.05, 3.63) is 119 Å². The average Bonchev–Trinajstić information content (AvgIpc) is 3.52. The van der Waals surface area contributed by atoms with Gasteiger partial charge in [0.05, 0.1) is 40.5 Å². The largest absolute Gasteiger partial charge is 0.497 e. The first-order valence-electron chi connectivity index (χ1n) is 12.1. The van der Waals surface area contributed by atoms with Crippen molar-refractivity contribution >= 4 is 29.1 Å². The monoisotopic (exact) mass is 544 g/mol. The van der Waals surface area contributed by atoms with E-state index in [1.54, 1.807) is 57.4 Å². The molecule has 0 bridgehead atoms. The Bertz CT molecular complexity index is 1800. The molecule has 0 saturated heterocycles. The normalized spacial score (nSPS) is 15.1. The van der Waals surface area contributed by atoms with Gasteiger partial charge in [0, 0.05) is 29.7 Å². The van der Waals surface area contributed by atoms with Gasteiger partial charge in [0.2, 0.25) is 0 Å². The zero-order chi connectivity index (χ0) is 27.7. The highest BCUT2D eigenvalue weighted by molar-refractivity contribution is 7.07. The molecule has 3 heterocycles. The topological polar surface area (TPSA) is 118 Å². The van der Waals surface area contributed by atoms with Crippen LogP contribution in [-0.4, -0.2) is 33.7 Å². The van der Waals surface area contributed by atoms with Gasteiger partial charge in [-0.1, -0.05) is 23.5 Å². The lowest BCUT2D eigenvalue weighted by atomic mass is 9.95. The van der Waals surface area contributed by atoms with E-state index in [-0.39, 0.29) is 17.9 Å². The van der Waals surface area contributed by atoms with Crippen molar-refractivity contribution < 1.29 is 19.2 Å². The zero-order valence-electron chi connectivity index (χ0n) is 21.4. The molecule has 0 aliphatic carbocycles. The number of aromatic nitrogens is 2. The molecule has 2 aromatic heterocycles. The van der Waals surface area contributed by atoms with E-state index in [0.717, 1.165) is 0 Å². The van der Waals surface area contributed by atoms with Crippen molar-refractivity contribution in [2.45, 2.75) is 19.9 Å². The lowest BCUT2D eigenvalue weighted by Crippen LogP contribution is -2.40. The van der Waals surface area contributed by atoms with Crippen LogP contribution < -0.4 is 19.6 Å². The Morgan fingerprint density at radius 1 is 1.18 bits per heavy atom. The summed E-state index contributed by atoms with van der Waals surface area (Å²) in [5, 5.41) is 11.0. The molecule has 1 aliphatic heterocycles. The van der Waals surface area contributed by atoms with E-state index >= 15 is 0 Å². The molecule has 0 spiro atoms. The summed E-state index contributed by atoms with van der Waals surface area (Å²) in [6.07, 6.45) is 3.56. The molecule has 0 amide bonds. The predicted octanol–water partition coefficient (Wildman–Crippen LogP) is 3.51. The van der Waals surface area contributed by atoms with E-state index in [1.807, 2.05) is 29.0 Å². The van der Waals surface area contributed by atoms with Crippen LogP contribution in [-0.2, 0) is 9.53 Å². The first-order valence-corrected chi connectivity index (χ1v) is 12.9. The smallest absolute Gasteiger partial charge is 0.338 e. The molecular formula is C28H24N4O6S. The maximum Gasteiger partial charge on any atom is 0.338 e. The molecule has 0 fully saturated rings. The van der Waals surface area contributed by atoms with Crippen LogP contribution in [0, 0.1) is 10.1 Å². The van der Waals surface area contributed by atoms with Gasteiger partial charge < -0.3 is 14.0 Å². The number of nitro benzene ring substituents is 1. The Morgan fingerprint density at radius 2 is 1.95 bits per heavy atom. The first kappa shape index (κ1) is 25.9. The van der Waals surface area contributed by atoms with Crippen LogP contribution in [0.15, 0.2) is 87.9 Å². The third-order valence-corrected chi connectivity index (χ3v) is 7.31. The van der Waals surface area contributed by atoms with E-state index < -0.39 is 16.9 Å². The fourth-order valence-corrected chi connectivity index (χ4v) is 5.57. The van der Waals surface area contributed by atoms with Crippen LogP contribution in [0.3, 0.4) is 0 Å². The highest BCUT2D eigenvalue weighted by atomic mass is 32.1. The number of fused-ring (bicyclic) bond motifs is 1. The summed E-state index contributed by atoms with van der Waals surface area (Å²) in [4.78, 5) is 42.6. The lowest BCUT2D eigenvalue weighted by molar-refractivity contribution is -0.384. The number of esters is 1. The molecule has 2 aromatic carbocycles. The Morgan fingerprint density at radius 3 is 2.64 bits per heavy atom. The number of benzene rings is 2. The predicted molar refractivity (Wildman–Crippen MR) is 146 cm³/mol. The number of nitrogens with zero attached hydrogens (tertiary/aromatic N) is 4. The molecule has 10 nitrogen and oxygen atoms in total. The van der Waals surface area contributed by atoms with Crippen LogP contribution in [0.4, 0.5) is 5.69 Å². The first-order chi connectivity index (χ1) is 18.8. The average molecular weight is 545 g/mol. The molecule has 4 aromatic rings. The van der Waals surface area contributed by atoms with E-state index in [9.17, 15) is 19.7 Å². The van der Waals surface area contributed by atoms with E-state index in [1.165, 1.54) is 28.0 Å². The Hall–Kier alpha value is -4.77. The maximum absolute atomic E-state index is 13.9. The minimum Gasteiger partial charge on any atom is -0.497 e. The molecule has 5 rings (SSSR count). The summed E-state index contributed by atoms with van der Waals surface area (Å²) in [6.45, 7) is 3.64.